The third-order valence-corrected chi connectivity index (χ3v) is 6.55. The van der Waals surface area contributed by atoms with Crippen LogP contribution in [0.25, 0.3) is 17.0 Å². The first-order chi connectivity index (χ1) is 15.9. The second-order valence-electron chi connectivity index (χ2n) is 7.71. The van der Waals surface area contributed by atoms with Gasteiger partial charge in [-0.3, -0.25) is 24.6 Å². The number of amides is 2. The van der Waals surface area contributed by atoms with Crippen LogP contribution < -0.4 is 0 Å². The number of hydrogen-bond acceptors (Lipinski definition) is 6. The quantitative estimate of drug-likeness (QED) is 0.202. The van der Waals surface area contributed by atoms with Crippen molar-refractivity contribution in [1.29, 1.82) is 0 Å². The maximum Gasteiger partial charge on any atom is 0.293 e. The van der Waals surface area contributed by atoms with Crippen molar-refractivity contribution >= 4 is 45.6 Å². The number of nitrogens with zero attached hydrogens (tertiary/aromatic N) is 3. The molecule has 1 aromatic heterocycles. The summed E-state index contributed by atoms with van der Waals surface area (Å²) in [5.41, 5.74) is 3.79. The fourth-order valence-electron chi connectivity index (χ4n) is 3.94. The Morgan fingerprint density at radius 1 is 1.12 bits per heavy atom. The van der Waals surface area contributed by atoms with Gasteiger partial charge in [0.2, 0.25) is 0 Å². The van der Waals surface area contributed by atoms with Crippen LogP contribution in [0.5, 0.6) is 0 Å². The molecule has 9 heteroatoms. The van der Waals surface area contributed by atoms with Gasteiger partial charge in [-0.2, -0.15) is 0 Å². The van der Waals surface area contributed by atoms with Crippen molar-refractivity contribution in [2.75, 3.05) is 20.3 Å². The number of nitro groups is 1. The smallest absolute Gasteiger partial charge is 0.293 e. The molecule has 2 amide bonds. The number of hydrogen-bond donors (Lipinski definition) is 0. The number of thioether (sulfide) groups is 1. The number of benzene rings is 2. The monoisotopic (exact) mass is 465 g/mol. The molecule has 0 saturated carbocycles. The van der Waals surface area contributed by atoms with Crippen molar-refractivity contribution in [3.63, 3.8) is 0 Å². The molecule has 2 aromatic carbocycles. The van der Waals surface area contributed by atoms with Crippen molar-refractivity contribution in [2.24, 2.45) is 0 Å². The van der Waals surface area contributed by atoms with E-state index in [0.717, 1.165) is 39.5 Å². The first-order valence-electron chi connectivity index (χ1n) is 10.5. The molecular formula is C24H23N3O5S. The van der Waals surface area contributed by atoms with Gasteiger partial charge in [0.05, 0.1) is 9.83 Å². The summed E-state index contributed by atoms with van der Waals surface area (Å²) < 4.78 is 7.14. The molecule has 0 bridgehead atoms. The molecule has 0 atom stereocenters. The number of carbonyl (C=O) groups excluding carboxylic acids is 2. The summed E-state index contributed by atoms with van der Waals surface area (Å²) in [6.07, 6.45) is 2.39. The minimum Gasteiger partial charge on any atom is -0.385 e. The van der Waals surface area contributed by atoms with E-state index >= 15 is 0 Å². The second-order valence-corrected chi connectivity index (χ2v) is 8.70. The molecule has 1 fully saturated rings. The van der Waals surface area contributed by atoms with E-state index < -0.39 is 4.92 Å². The van der Waals surface area contributed by atoms with Gasteiger partial charge < -0.3 is 9.30 Å². The SMILES string of the molecule is COCCCN1C(=O)S/C(=C/c2c(C)n(Cc3ccc([N+](=O)[O-])cc3)c3ccccc23)C1=O. The summed E-state index contributed by atoms with van der Waals surface area (Å²) in [6.45, 7) is 3.31. The van der Waals surface area contributed by atoms with Crippen LogP contribution in [0.1, 0.15) is 23.2 Å². The Labute approximate surface area is 195 Å². The number of aromatic nitrogens is 1. The molecular weight excluding hydrogens is 442 g/mol. The zero-order valence-electron chi connectivity index (χ0n) is 18.3. The lowest BCUT2D eigenvalue weighted by atomic mass is 10.1. The van der Waals surface area contributed by atoms with Gasteiger partial charge >= 0.3 is 0 Å². The van der Waals surface area contributed by atoms with Crippen molar-refractivity contribution < 1.29 is 19.2 Å². The van der Waals surface area contributed by atoms with Gasteiger partial charge in [0.1, 0.15) is 0 Å². The molecule has 0 aliphatic carbocycles. The predicted octanol–water partition coefficient (Wildman–Crippen LogP) is 4.98. The molecule has 1 aliphatic rings. The fraction of sp³-hybridized carbons (Fsp3) is 0.250. The number of non-ortho nitro benzene ring substituents is 1. The summed E-state index contributed by atoms with van der Waals surface area (Å²) in [5.74, 6) is -0.285. The third-order valence-electron chi connectivity index (χ3n) is 5.65. The Bertz CT molecular complexity index is 1260. The molecule has 1 aliphatic heterocycles. The van der Waals surface area contributed by atoms with E-state index in [1.165, 1.54) is 17.0 Å². The van der Waals surface area contributed by atoms with Crippen LogP contribution in [-0.4, -0.2) is 45.8 Å². The van der Waals surface area contributed by atoms with Gasteiger partial charge in [0, 0.05) is 61.1 Å². The Balaban J connectivity index is 1.68. The number of nitro benzene ring substituents is 1. The average molecular weight is 466 g/mol. The van der Waals surface area contributed by atoms with Crippen LogP contribution in [-0.2, 0) is 16.1 Å². The highest BCUT2D eigenvalue weighted by molar-refractivity contribution is 8.18. The lowest BCUT2D eigenvalue weighted by Gasteiger charge is -2.11. The fourth-order valence-corrected chi connectivity index (χ4v) is 4.79. The summed E-state index contributed by atoms with van der Waals surface area (Å²) in [4.78, 5) is 37.4. The highest BCUT2D eigenvalue weighted by Gasteiger charge is 2.35. The van der Waals surface area contributed by atoms with Gasteiger partial charge in [-0.05, 0) is 42.8 Å². The van der Waals surface area contributed by atoms with Gasteiger partial charge in [-0.15, -0.1) is 0 Å². The maximum atomic E-state index is 12.9. The number of para-hydroxylation sites is 1. The Hall–Kier alpha value is -3.43. The molecule has 33 heavy (non-hydrogen) atoms. The van der Waals surface area contributed by atoms with E-state index in [-0.39, 0.29) is 16.8 Å². The highest BCUT2D eigenvalue weighted by Crippen LogP contribution is 2.36. The Kier molecular flexibility index (Phi) is 6.62. The summed E-state index contributed by atoms with van der Waals surface area (Å²) in [6, 6.07) is 14.4. The van der Waals surface area contributed by atoms with E-state index in [1.807, 2.05) is 31.2 Å². The Morgan fingerprint density at radius 2 is 1.85 bits per heavy atom. The number of fused-ring (bicyclic) bond motifs is 1. The minimum atomic E-state index is -0.416. The van der Waals surface area contributed by atoms with Crippen molar-refractivity contribution in [3.05, 3.63) is 80.4 Å². The molecule has 0 unspecified atom stereocenters. The topological polar surface area (TPSA) is 94.7 Å². The van der Waals surface area contributed by atoms with Crippen LogP contribution in [0.3, 0.4) is 0 Å². The van der Waals surface area contributed by atoms with Crippen molar-refractivity contribution in [1.82, 2.24) is 9.47 Å². The average Bonchev–Trinajstić information content (AvgIpc) is 3.22. The highest BCUT2D eigenvalue weighted by atomic mass is 32.2. The summed E-state index contributed by atoms with van der Waals surface area (Å²) in [7, 11) is 1.59. The number of imide groups is 1. The predicted molar refractivity (Wildman–Crippen MR) is 128 cm³/mol. The Morgan fingerprint density at radius 3 is 2.55 bits per heavy atom. The van der Waals surface area contributed by atoms with E-state index in [0.29, 0.717) is 31.0 Å². The van der Waals surface area contributed by atoms with E-state index in [2.05, 4.69) is 4.57 Å². The van der Waals surface area contributed by atoms with E-state index in [9.17, 15) is 19.7 Å². The number of ether oxygens (including phenoxy) is 1. The van der Waals surface area contributed by atoms with Crippen LogP contribution in [0.4, 0.5) is 10.5 Å². The molecule has 3 aromatic rings. The largest absolute Gasteiger partial charge is 0.385 e. The van der Waals surface area contributed by atoms with Crippen LogP contribution in [0.15, 0.2) is 53.4 Å². The molecule has 170 valence electrons. The zero-order valence-corrected chi connectivity index (χ0v) is 19.1. The van der Waals surface area contributed by atoms with Crippen molar-refractivity contribution in [3.8, 4) is 0 Å². The van der Waals surface area contributed by atoms with Gasteiger partial charge in [0.15, 0.2) is 0 Å². The van der Waals surface area contributed by atoms with E-state index in [4.69, 9.17) is 4.74 Å². The molecule has 0 N–H and O–H groups in total. The minimum absolute atomic E-state index is 0.0507. The third kappa shape index (κ3) is 4.55. The second kappa shape index (κ2) is 9.60. The number of carbonyl (C=O) groups is 2. The lowest BCUT2D eigenvalue weighted by molar-refractivity contribution is -0.384. The number of rotatable bonds is 8. The van der Waals surface area contributed by atoms with Crippen LogP contribution >= 0.6 is 11.8 Å². The summed E-state index contributed by atoms with van der Waals surface area (Å²) in [5, 5.41) is 11.7. The normalized spacial score (nSPS) is 15.2. The van der Waals surface area contributed by atoms with Crippen LogP contribution in [0, 0.1) is 17.0 Å². The van der Waals surface area contributed by atoms with Gasteiger partial charge in [0.25, 0.3) is 16.8 Å². The molecule has 4 rings (SSSR count). The standard InChI is InChI=1S/C24H23N3O5S/c1-16-20(14-22-23(28)25(24(29)33-22)12-5-13-32-2)19-6-3-4-7-21(19)26(16)15-17-8-10-18(11-9-17)27(30)31/h3-4,6-11,14H,5,12-13,15H2,1-2H3/b22-14+. The molecule has 0 radical (unpaired) electrons. The lowest BCUT2D eigenvalue weighted by Crippen LogP contribution is -2.29. The van der Waals surface area contributed by atoms with E-state index in [1.54, 1.807) is 25.3 Å². The molecule has 1 saturated heterocycles. The molecule has 2 heterocycles. The number of methoxy groups -OCH3 is 1. The first-order valence-corrected chi connectivity index (χ1v) is 11.3. The van der Waals surface area contributed by atoms with Gasteiger partial charge in [-0.1, -0.05) is 30.3 Å². The first kappa shape index (κ1) is 22.8. The summed E-state index contributed by atoms with van der Waals surface area (Å²) >= 11 is 0.954. The van der Waals surface area contributed by atoms with Gasteiger partial charge in [-0.25, -0.2) is 0 Å². The van der Waals surface area contributed by atoms with Crippen molar-refractivity contribution in [2.45, 2.75) is 19.9 Å². The maximum absolute atomic E-state index is 12.9. The van der Waals surface area contributed by atoms with Crippen LogP contribution in [0.2, 0.25) is 0 Å². The molecule has 8 nitrogen and oxygen atoms in total. The zero-order chi connectivity index (χ0) is 23.5. The molecule has 0 spiro atoms.